The van der Waals surface area contributed by atoms with Crippen LogP contribution in [0.15, 0.2) is 35.5 Å². The number of carbonyl (C=O) groups excluding carboxylic acids is 2. The average Bonchev–Trinajstić information content (AvgIpc) is 2.59. The summed E-state index contributed by atoms with van der Waals surface area (Å²) in [7, 11) is 0. The lowest BCUT2D eigenvalue weighted by molar-refractivity contribution is -0.143. The van der Waals surface area contributed by atoms with E-state index in [-0.39, 0.29) is 24.1 Å². The fourth-order valence-corrected chi connectivity index (χ4v) is 3.32. The Hall–Kier alpha value is -2.41. The summed E-state index contributed by atoms with van der Waals surface area (Å²) in [5.41, 5.74) is 3.72. The minimum Gasteiger partial charge on any atom is -0.466 e. The van der Waals surface area contributed by atoms with Crippen LogP contribution in [0, 0.1) is 20.8 Å². The zero-order valence-corrected chi connectivity index (χ0v) is 16.9. The molecule has 7 heteroatoms. The van der Waals surface area contributed by atoms with Crippen molar-refractivity contribution in [1.29, 1.82) is 0 Å². The number of nitrogens with one attached hydrogen (secondary N) is 1. The number of esters is 1. The zero-order chi connectivity index (χ0) is 19.8. The molecule has 1 heterocycles. The number of thioether (sulfide) groups is 1. The molecule has 0 fully saturated rings. The van der Waals surface area contributed by atoms with Gasteiger partial charge in [-0.2, -0.15) is 0 Å². The topological polar surface area (TPSA) is 81.2 Å². The van der Waals surface area contributed by atoms with Crippen LogP contribution in [0.3, 0.4) is 0 Å². The molecule has 1 amide bonds. The number of ether oxygens (including phenoxy) is 1. The van der Waals surface area contributed by atoms with E-state index in [4.69, 9.17) is 4.74 Å². The number of hydrogen-bond donors (Lipinski definition) is 1. The summed E-state index contributed by atoms with van der Waals surface area (Å²) >= 11 is 1.28. The highest BCUT2D eigenvalue weighted by Crippen LogP contribution is 2.20. The Kier molecular flexibility index (Phi) is 7.79. The molecule has 0 bridgehead atoms. The maximum absolute atomic E-state index is 12.4. The van der Waals surface area contributed by atoms with Crippen molar-refractivity contribution in [2.24, 2.45) is 0 Å². The van der Waals surface area contributed by atoms with Crippen LogP contribution in [-0.2, 0) is 14.3 Å². The number of benzene rings is 1. The lowest BCUT2D eigenvalue weighted by Crippen LogP contribution is -2.32. The molecule has 1 aromatic heterocycles. The van der Waals surface area contributed by atoms with Crippen LogP contribution in [0.4, 0.5) is 0 Å². The number of aryl methyl sites for hydroxylation is 3. The molecule has 6 nitrogen and oxygen atoms in total. The first kappa shape index (κ1) is 20.9. The first-order chi connectivity index (χ1) is 12.9. The largest absolute Gasteiger partial charge is 0.466 e. The summed E-state index contributed by atoms with van der Waals surface area (Å²) in [6.07, 6.45) is 0.0906. The summed E-state index contributed by atoms with van der Waals surface area (Å²) < 4.78 is 5.04. The molecule has 0 spiro atoms. The SMILES string of the molecule is CCOC(=O)CC(NC(=O)CSc1nc(C)cc(C)n1)c1ccc(C)cc1. The van der Waals surface area contributed by atoms with Crippen LogP contribution in [-0.4, -0.2) is 34.2 Å². The molecular weight excluding hydrogens is 362 g/mol. The van der Waals surface area contributed by atoms with Gasteiger partial charge in [-0.05, 0) is 39.3 Å². The van der Waals surface area contributed by atoms with E-state index in [0.29, 0.717) is 11.8 Å². The maximum Gasteiger partial charge on any atom is 0.308 e. The fourth-order valence-electron chi connectivity index (χ4n) is 2.56. The van der Waals surface area contributed by atoms with Gasteiger partial charge >= 0.3 is 5.97 Å². The highest BCUT2D eigenvalue weighted by atomic mass is 32.2. The van der Waals surface area contributed by atoms with Gasteiger partial charge in [0.2, 0.25) is 5.91 Å². The van der Waals surface area contributed by atoms with Crippen LogP contribution in [0.1, 0.15) is 41.9 Å². The minimum absolute atomic E-state index is 0.0906. The van der Waals surface area contributed by atoms with Crippen LogP contribution < -0.4 is 5.32 Å². The normalized spacial score (nSPS) is 11.7. The van der Waals surface area contributed by atoms with Crippen molar-refractivity contribution in [3.8, 4) is 0 Å². The molecule has 144 valence electrons. The van der Waals surface area contributed by atoms with Gasteiger partial charge in [0.05, 0.1) is 24.8 Å². The van der Waals surface area contributed by atoms with Gasteiger partial charge < -0.3 is 10.1 Å². The van der Waals surface area contributed by atoms with Crippen molar-refractivity contribution in [3.05, 3.63) is 52.8 Å². The third-order valence-electron chi connectivity index (χ3n) is 3.79. The van der Waals surface area contributed by atoms with Crippen LogP contribution in [0.25, 0.3) is 0 Å². The molecule has 1 unspecified atom stereocenters. The Labute approximate surface area is 164 Å². The summed E-state index contributed by atoms with van der Waals surface area (Å²) in [6.45, 7) is 7.85. The number of hydrogen-bond acceptors (Lipinski definition) is 6. The fraction of sp³-hybridized carbons (Fsp3) is 0.400. The molecule has 0 aliphatic rings. The minimum atomic E-state index is -0.432. The summed E-state index contributed by atoms with van der Waals surface area (Å²) in [5, 5.41) is 3.49. The number of aromatic nitrogens is 2. The lowest BCUT2D eigenvalue weighted by atomic mass is 10.0. The van der Waals surface area contributed by atoms with Gasteiger partial charge in [-0.15, -0.1) is 0 Å². The molecule has 2 aromatic rings. The van der Waals surface area contributed by atoms with E-state index >= 15 is 0 Å². The number of carbonyl (C=O) groups is 2. The molecule has 2 rings (SSSR count). The molecule has 0 aliphatic carbocycles. The van der Waals surface area contributed by atoms with Gasteiger partial charge in [-0.3, -0.25) is 9.59 Å². The van der Waals surface area contributed by atoms with Gasteiger partial charge in [-0.25, -0.2) is 9.97 Å². The predicted molar refractivity (Wildman–Crippen MR) is 106 cm³/mol. The number of rotatable bonds is 8. The molecule has 27 heavy (non-hydrogen) atoms. The smallest absolute Gasteiger partial charge is 0.308 e. The molecule has 1 N–H and O–H groups in total. The van der Waals surface area contributed by atoms with Gasteiger partial charge in [0.15, 0.2) is 5.16 Å². The van der Waals surface area contributed by atoms with E-state index < -0.39 is 6.04 Å². The van der Waals surface area contributed by atoms with E-state index in [1.807, 2.05) is 51.1 Å². The second-order valence-electron chi connectivity index (χ2n) is 6.26. The molecule has 1 atom stereocenters. The Morgan fingerprint density at radius 3 is 2.33 bits per heavy atom. The van der Waals surface area contributed by atoms with E-state index in [9.17, 15) is 9.59 Å². The van der Waals surface area contributed by atoms with Crippen molar-refractivity contribution in [3.63, 3.8) is 0 Å². The van der Waals surface area contributed by atoms with Crippen molar-refractivity contribution in [2.45, 2.75) is 45.3 Å². The third kappa shape index (κ3) is 7.02. The van der Waals surface area contributed by atoms with Crippen molar-refractivity contribution < 1.29 is 14.3 Å². The Morgan fingerprint density at radius 2 is 1.74 bits per heavy atom. The second-order valence-corrected chi connectivity index (χ2v) is 7.20. The number of amides is 1. The van der Waals surface area contributed by atoms with E-state index in [0.717, 1.165) is 22.5 Å². The molecule has 0 radical (unpaired) electrons. The van der Waals surface area contributed by atoms with E-state index in [1.54, 1.807) is 6.92 Å². The van der Waals surface area contributed by atoms with Gasteiger partial charge in [-0.1, -0.05) is 41.6 Å². The average molecular weight is 388 g/mol. The highest BCUT2D eigenvalue weighted by molar-refractivity contribution is 7.99. The first-order valence-electron chi connectivity index (χ1n) is 8.84. The van der Waals surface area contributed by atoms with Crippen LogP contribution in [0.2, 0.25) is 0 Å². The van der Waals surface area contributed by atoms with Crippen molar-refractivity contribution in [1.82, 2.24) is 15.3 Å². The highest BCUT2D eigenvalue weighted by Gasteiger charge is 2.19. The summed E-state index contributed by atoms with van der Waals surface area (Å²) in [4.78, 5) is 33.0. The van der Waals surface area contributed by atoms with Crippen LogP contribution in [0.5, 0.6) is 0 Å². The van der Waals surface area contributed by atoms with Gasteiger partial charge in [0.1, 0.15) is 0 Å². The monoisotopic (exact) mass is 387 g/mol. The zero-order valence-electron chi connectivity index (χ0n) is 16.1. The Morgan fingerprint density at radius 1 is 1.11 bits per heavy atom. The van der Waals surface area contributed by atoms with Crippen molar-refractivity contribution >= 4 is 23.6 Å². The molecule has 0 saturated heterocycles. The lowest BCUT2D eigenvalue weighted by Gasteiger charge is -2.18. The van der Waals surface area contributed by atoms with Crippen molar-refractivity contribution in [2.75, 3.05) is 12.4 Å². The van der Waals surface area contributed by atoms with Crippen LogP contribution >= 0.6 is 11.8 Å². The van der Waals surface area contributed by atoms with Gasteiger partial charge in [0, 0.05) is 11.4 Å². The quantitative estimate of drug-likeness (QED) is 0.425. The maximum atomic E-state index is 12.4. The standard InChI is InChI=1S/C20H25N3O3S/c1-5-26-19(25)11-17(16-8-6-13(2)7-9-16)23-18(24)12-27-20-21-14(3)10-15(4)22-20/h6-10,17H,5,11-12H2,1-4H3,(H,23,24). The second kappa shape index (κ2) is 10.1. The molecule has 0 aliphatic heterocycles. The van der Waals surface area contributed by atoms with Gasteiger partial charge in [0.25, 0.3) is 0 Å². The Balaban J connectivity index is 2.03. The third-order valence-corrected chi connectivity index (χ3v) is 4.63. The predicted octanol–water partition coefficient (Wildman–Crippen LogP) is 3.30. The first-order valence-corrected chi connectivity index (χ1v) is 9.82. The number of nitrogens with zero attached hydrogens (tertiary/aromatic N) is 2. The van der Waals surface area contributed by atoms with E-state index in [1.165, 1.54) is 11.8 Å². The van der Waals surface area contributed by atoms with E-state index in [2.05, 4.69) is 15.3 Å². The summed E-state index contributed by atoms with van der Waals surface area (Å²) in [6, 6.07) is 9.20. The molecular formula is C20H25N3O3S. The summed E-state index contributed by atoms with van der Waals surface area (Å²) in [5.74, 6) is -0.347. The molecule has 0 saturated carbocycles. The molecule has 1 aromatic carbocycles. The Bertz CT molecular complexity index is 773.